The minimum atomic E-state index is -0.229. The molecule has 1 heterocycles. The first-order chi connectivity index (χ1) is 12.0. The Kier molecular flexibility index (Phi) is 4.80. The molecule has 1 amide bonds. The van der Waals surface area contributed by atoms with E-state index in [1.807, 2.05) is 63.2 Å². The number of aromatic nitrogens is 1. The third-order valence-electron chi connectivity index (χ3n) is 4.09. The van der Waals surface area contributed by atoms with Gasteiger partial charge in [-0.25, -0.2) is 5.43 Å². The molecule has 25 heavy (non-hydrogen) atoms. The quantitative estimate of drug-likeness (QED) is 0.566. The molecule has 0 unspecified atom stereocenters. The molecule has 0 aliphatic rings. The molecule has 3 aromatic rings. The first-order valence-corrected chi connectivity index (χ1v) is 8.20. The van der Waals surface area contributed by atoms with Crippen molar-refractivity contribution in [1.82, 2.24) is 9.99 Å². The van der Waals surface area contributed by atoms with Crippen molar-refractivity contribution in [3.63, 3.8) is 0 Å². The molecular formula is C21H21N3O. The van der Waals surface area contributed by atoms with E-state index in [0.717, 1.165) is 22.6 Å². The molecule has 126 valence electrons. The molecule has 4 heteroatoms. The van der Waals surface area contributed by atoms with Gasteiger partial charge < -0.3 is 4.57 Å². The van der Waals surface area contributed by atoms with Crippen molar-refractivity contribution in [2.24, 2.45) is 5.10 Å². The monoisotopic (exact) mass is 331 g/mol. The Morgan fingerprint density at radius 2 is 1.64 bits per heavy atom. The van der Waals surface area contributed by atoms with Gasteiger partial charge in [0.15, 0.2) is 0 Å². The number of aryl methyl sites for hydroxylation is 3. The van der Waals surface area contributed by atoms with Crippen LogP contribution in [0.3, 0.4) is 0 Å². The Hall–Kier alpha value is -3.14. The molecular weight excluding hydrogens is 310 g/mol. The molecule has 1 aromatic heterocycles. The van der Waals surface area contributed by atoms with E-state index in [2.05, 4.69) is 27.2 Å². The fourth-order valence-corrected chi connectivity index (χ4v) is 2.74. The van der Waals surface area contributed by atoms with Crippen molar-refractivity contribution in [3.8, 4) is 5.69 Å². The van der Waals surface area contributed by atoms with E-state index < -0.39 is 0 Å². The van der Waals surface area contributed by atoms with Crippen LogP contribution in [0, 0.1) is 20.8 Å². The Balaban J connectivity index is 1.74. The lowest BCUT2D eigenvalue weighted by Gasteiger charge is -2.10. The number of amides is 1. The van der Waals surface area contributed by atoms with Gasteiger partial charge in [-0.3, -0.25) is 4.79 Å². The van der Waals surface area contributed by atoms with Gasteiger partial charge in [-0.2, -0.15) is 5.10 Å². The highest BCUT2D eigenvalue weighted by molar-refractivity contribution is 5.95. The smallest absolute Gasteiger partial charge is 0.271 e. The first kappa shape index (κ1) is 16.7. The van der Waals surface area contributed by atoms with Gasteiger partial charge in [0.05, 0.1) is 6.21 Å². The van der Waals surface area contributed by atoms with Crippen LogP contribution in [0.2, 0.25) is 0 Å². The molecule has 0 atom stereocenters. The van der Waals surface area contributed by atoms with Crippen LogP contribution in [-0.2, 0) is 0 Å². The lowest BCUT2D eigenvalue weighted by molar-refractivity contribution is 0.0955. The van der Waals surface area contributed by atoms with Gasteiger partial charge in [-0.15, -0.1) is 0 Å². The summed E-state index contributed by atoms with van der Waals surface area (Å²) in [7, 11) is 0. The Labute approximate surface area is 147 Å². The molecule has 0 spiro atoms. The zero-order valence-electron chi connectivity index (χ0n) is 14.7. The number of hydrogen-bond acceptors (Lipinski definition) is 2. The average Bonchev–Trinajstić information content (AvgIpc) is 2.95. The van der Waals surface area contributed by atoms with Crippen LogP contribution in [0.25, 0.3) is 5.69 Å². The predicted molar refractivity (Wildman–Crippen MR) is 101 cm³/mol. The number of carbonyl (C=O) groups excluding carboxylic acids is 1. The third-order valence-corrected chi connectivity index (χ3v) is 4.09. The number of benzene rings is 2. The van der Waals surface area contributed by atoms with Gasteiger partial charge in [0, 0.05) is 22.6 Å². The second-order valence-electron chi connectivity index (χ2n) is 6.11. The molecule has 0 bridgehead atoms. The fourth-order valence-electron chi connectivity index (χ4n) is 2.74. The van der Waals surface area contributed by atoms with Crippen LogP contribution >= 0.6 is 0 Å². The lowest BCUT2D eigenvalue weighted by atomic mass is 10.2. The summed E-state index contributed by atoms with van der Waals surface area (Å²) in [6, 6.07) is 19.6. The van der Waals surface area contributed by atoms with Crippen molar-refractivity contribution in [3.05, 3.63) is 88.7 Å². The van der Waals surface area contributed by atoms with E-state index in [1.165, 1.54) is 5.56 Å². The number of rotatable bonds is 4. The summed E-state index contributed by atoms with van der Waals surface area (Å²) in [6.45, 7) is 6.13. The summed E-state index contributed by atoms with van der Waals surface area (Å²) >= 11 is 0. The van der Waals surface area contributed by atoms with Crippen molar-refractivity contribution >= 4 is 12.1 Å². The van der Waals surface area contributed by atoms with Crippen LogP contribution in [0.4, 0.5) is 0 Å². The van der Waals surface area contributed by atoms with Crippen LogP contribution in [0.5, 0.6) is 0 Å². The van der Waals surface area contributed by atoms with Crippen molar-refractivity contribution in [2.45, 2.75) is 20.8 Å². The van der Waals surface area contributed by atoms with Gasteiger partial charge in [0.1, 0.15) is 0 Å². The molecule has 3 rings (SSSR count). The molecule has 2 aromatic carbocycles. The molecule has 0 saturated heterocycles. The van der Waals surface area contributed by atoms with Crippen LogP contribution < -0.4 is 5.43 Å². The highest BCUT2D eigenvalue weighted by Crippen LogP contribution is 2.17. The summed E-state index contributed by atoms with van der Waals surface area (Å²) in [5, 5.41) is 4.04. The summed E-state index contributed by atoms with van der Waals surface area (Å²) in [5.74, 6) is -0.229. The normalized spacial score (nSPS) is 11.0. The summed E-state index contributed by atoms with van der Waals surface area (Å²) in [6.07, 6.45) is 1.64. The van der Waals surface area contributed by atoms with E-state index in [4.69, 9.17) is 0 Å². The van der Waals surface area contributed by atoms with Crippen LogP contribution in [0.15, 0.2) is 65.8 Å². The zero-order chi connectivity index (χ0) is 17.8. The highest BCUT2D eigenvalue weighted by Gasteiger charge is 2.08. The van der Waals surface area contributed by atoms with E-state index >= 15 is 0 Å². The number of hydrogen-bond donors (Lipinski definition) is 1. The average molecular weight is 331 g/mol. The fraction of sp³-hybridized carbons (Fsp3) is 0.143. The summed E-state index contributed by atoms with van der Waals surface area (Å²) in [4.78, 5) is 12.3. The van der Waals surface area contributed by atoms with E-state index in [0.29, 0.717) is 5.56 Å². The van der Waals surface area contributed by atoms with E-state index in [1.54, 1.807) is 12.3 Å². The van der Waals surface area contributed by atoms with Gasteiger partial charge in [0.25, 0.3) is 5.91 Å². The minimum Gasteiger partial charge on any atom is -0.318 e. The summed E-state index contributed by atoms with van der Waals surface area (Å²) < 4.78 is 2.12. The standard InChI is InChI=1S/C21H21N3O/c1-15-7-11-18(12-8-15)14-22-23-21(25)19-5-4-6-20(13-19)24-16(2)9-10-17(24)3/h4-14H,1-3H3,(H,23,25)/b22-14+. The molecule has 0 fully saturated rings. The Bertz CT molecular complexity index is 901. The van der Waals surface area contributed by atoms with Crippen LogP contribution in [0.1, 0.15) is 32.9 Å². The Morgan fingerprint density at radius 3 is 2.32 bits per heavy atom. The summed E-state index contributed by atoms with van der Waals surface area (Å²) in [5.41, 5.74) is 8.52. The molecule has 4 nitrogen and oxygen atoms in total. The maximum atomic E-state index is 12.3. The molecule has 0 aliphatic carbocycles. The van der Waals surface area contributed by atoms with Crippen molar-refractivity contribution < 1.29 is 4.79 Å². The third kappa shape index (κ3) is 3.86. The van der Waals surface area contributed by atoms with Gasteiger partial charge >= 0.3 is 0 Å². The number of carbonyl (C=O) groups is 1. The van der Waals surface area contributed by atoms with Crippen molar-refractivity contribution in [1.29, 1.82) is 0 Å². The van der Waals surface area contributed by atoms with Gasteiger partial charge in [-0.1, -0.05) is 35.9 Å². The van der Waals surface area contributed by atoms with Gasteiger partial charge in [0.2, 0.25) is 0 Å². The molecule has 0 saturated carbocycles. The second kappa shape index (κ2) is 7.18. The van der Waals surface area contributed by atoms with Crippen molar-refractivity contribution in [2.75, 3.05) is 0 Å². The maximum absolute atomic E-state index is 12.3. The SMILES string of the molecule is Cc1ccc(/C=N/NC(=O)c2cccc(-n3c(C)ccc3C)c2)cc1. The van der Waals surface area contributed by atoms with Gasteiger partial charge in [-0.05, 0) is 56.7 Å². The maximum Gasteiger partial charge on any atom is 0.271 e. The topological polar surface area (TPSA) is 46.4 Å². The molecule has 0 radical (unpaired) electrons. The molecule has 0 aliphatic heterocycles. The highest BCUT2D eigenvalue weighted by atomic mass is 16.2. The Morgan fingerprint density at radius 1 is 0.960 bits per heavy atom. The molecule has 1 N–H and O–H groups in total. The number of nitrogens with one attached hydrogen (secondary N) is 1. The van der Waals surface area contributed by atoms with E-state index in [9.17, 15) is 4.79 Å². The lowest BCUT2D eigenvalue weighted by Crippen LogP contribution is -2.18. The number of nitrogens with zero attached hydrogens (tertiary/aromatic N) is 2. The zero-order valence-corrected chi connectivity index (χ0v) is 14.7. The second-order valence-corrected chi connectivity index (χ2v) is 6.11. The van der Waals surface area contributed by atoms with Crippen LogP contribution in [-0.4, -0.2) is 16.7 Å². The number of hydrazone groups is 1. The van der Waals surface area contributed by atoms with E-state index in [-0.39, 0.29) is 5.91 Å². The minimum absolute atomic E-state index is 0.229. The largest absolute Gasteiger partial charge is 0.318 e. The first-order valence-electron chi connectivity index (χ1n) is 8.20. The predicted octanol–water partition coefficient (Wildman–Crippen LogP) is 4.17.